The van der Waals surface area contributed by atoms with Crippen LogP contribution in [0.15, 0.2) is 0 Å². The monoisotopic (exact) mass is 263 g/mol. The van der Waals surface area contributed by atoms with E-state index in [1.807, 2.05) is 0 Å². The molecular weight excluding hydrogens is 257 g/mol. The summed E-state index contributed by atoms with van der Waals surface area (Å²) in [6, 6.07) is 0. The normalized spacial score (nSPS) is 13.2. The van der Waals surface area contributed by atoms with Crippen LogP contribution in [-0.2, 0) is 18.3 Å². The summed E-state index contributed by atoms with van der Waals surface area (Å²) in [5.74, 6) is -6.86. The van der Waals surface area contributed by atoms with Crippen molar-refractivity contribution in [2.75, 3.05) is 0 Å². The lowest BCUT2D eigenvalue weighted by Gasteiger charge is -2.19. The second kappa shape index (κ2) is 4.15. The number of hydrogen-bond acceptors (Lipinski definition) is 2. The number of nitrogens with zero attached hydrogens (tertiary/aromatic N) is 3. The lowest BCUT2D eigenvalue weighted by molar-refractivity contribution is -0.293. The maximum atomic E-state index is 13.0. The van der Waals surface area contributed by atoms with Gasteiger partial charge in [0.25, 0.3) is 0 Å². The second-order valence-electron chi connectivity index (χ2n) is 2.89. The zero-order valence-corrected chi connectivity index (χ0v) is 8.78. The molecule has 0 amide bonds. The van der Waals surface area contributed by atoms with Gasteiger partial charge in [-0.05, 0) is 6.92 Å². The van der Waals surface area contributed by atoms with Crippen LogP contribution in [0.3, 0.4) is 0 Å². The molecule has 9 heteroatoms. The summed E-state index contributed by atoms with van der Waals surface area (Å²) < 4.78 is 62.8. The van der Waals surface area contributed by atoms with Gasteiger partial charge in [0, 0.05) is 6.54 Å². The van der Waals surface area contributed by atoms with E-state index in [1.54, 1.807) is 0 Å². The first-order chi connectivity index (χ1) is 7.25. The molecule has 3 nitrogen and oxygen atoms in total. The highest BCUT2D eigenvalue weighted by atomic mass is 35.5. The van der Waals surface area contributed by atoms with Crippen LogP contribution in [0.2, 0.25) is 0 Å². The van der Waals surface area contributed by atoms with Gasteiger partial charge in [-0.2, -0.15) is 22.0 Å². The van der Waals surface area contributed by atoms with Crippen molar-refractivity contribution in [1.82, 2.24) is 14.8 Å². The van der Waals surface area contributed by atoms with E-state index in [0.717, 1.165) is 0 Å². The molecule has 0 aliphatic rings. The van der Waals surface area contributed by atoms with Crippen LogP contribution in [0.5, 0.6) is 0 Å². The Morgan fingerprint density at radius 1 is 1.19 bits per heavy atom. The Kier molecular flexibility index (Phi) is 3.41. The minimum Gasteiger partial charge on any atom is -0.309 e. The number of alkyl halides is 6. The summed E-state index contributed by atoms with van der Waals surface area (Å²) in [4.78, 5) is 0. The largest absolute Gasteiger partial charge is 0.461 e. The molecule has 0 unspecified atom stereocenters. The summed E-state index contributed by atoms with van der Waals surface area (Å²) in [5.41, 5.74) is 0. The van der Waals surface area contributed by atoms with Crippen molar-refractivity contribution in [2.45, 2.75) is 31.4 Å². The molecule has 1 aromatic heterocycles. The maximum absolute atomic E-state index is 13.0. The van der Waals surface area contributed by atoms with E-state index in [1.165, 1.54) is 6.92 Å². The lowest BCUT2D eigenvalue weighted by Crippen LogP contribution is -2.36. The zero-order chi connectivity index (χ0) is 12.6. The highest BCUT2D eigenvalue weighted by Crippen LogP contribution is 2.43. The summed E-state index contributed by atoms with van der Waals surface area (Å²) in [5, 5.41) is 6.04. The second-order valence-corrected chi connectivity index (χ2v) is 3.16. The Morgan fingerprint density at radius 2 is 1.75 bits per heavy atom. The molecule has 0 aromatic carbocycles. The van der Waals surface area contributed by atoms with E-state index in [-0.39, 0.29) is 18.2 Å². The number of hydrogen-bond donors (Lipinski definition) is 0. The summed E-state index contributed by atoms with van der Waals surface area (Å²) >= 11 is 5.34. The molecule has 0 saturated carbocycles. The smallest absolute Gasteiger partial charge is 0.309 e. The van der Waals surface area contributed by atoms with E-state index in [9.17, 15) is 22.0 Å². The van der Waals surface area contributed by atoms with Gasteiger partial charge in [0.2, 0.25) is 5.82 Å². The molecule has 0 bridgehead atoms. The van der Waals surface area contributed by atoms with E-state index in [0.29, 0.717) is 4.57 Å². The van der Waals surface area contributed by atoms with E-state index in [2.05, 4.69) is 10.2 Å². The van der Waals surface area contributed by atoms with E-state index < -0.39 is 17.9 Å². The fourth-order valence-corrected chi connectivity index (χ4v) is 1.32. The van der Waals surface area contributed by atoms with Crippen molar-refractivity contribution in [3.05, 3.63) is 11.6 Å². The molecule has 16 heavy (non-hydrogen) atoms. The lowest BCUT2D eigenvalue weighted by atomic mass is 10.3. The average molecular weight is 264 g/mol. The number of halogens is 6. The number of rotatable bonds is 3. The van der Waals surface area contributed by atoms with Crippen LogP contribution in [-0.4, -0.2) is 20.9 Å². The quantitative estimate of drug-likeness (QED) is 0.620. The van der Waals surface area contributed by atoms with Crippen molar-refractivity contribution in [2.24, 2.45) is 0 Å². The fourth-order valence-electron chi connectivity index (χ4n) is 1.13. The van der Waals surface area contributed by atoms with Crippen LogP contribution in [0.1, 0.15) is 18.6 Å². The van der Waals surface area contributed by atoms with Crippen LogP contribution in [0.4, 0.5) is 22.0 Å². The third-order valence-electron chi connectivity index (χ3n) is 1.90. The first kappa shape index (κ1) is 13.1. The highest BCUT2D eigenvalue weighted by molar-refractivity contribution is 6.16. The first-order valence-electron chi connectivity index (χ1n) is 4.18. The molecule has 1 heterocycles. The van der Waals surface area contributed by atoms with Gasteiger partial charge >= 0.3 is 12.1 Å². The van der Waals surface area contributed by atoms with Crippen LogP contribution in [0, 0.1) is 0 Å². The topological polar surface area (TPSA) is 30.7 Å². The van der Waals surface area contributed by atoms with Crippen molar-refractivity contribution in [3.8, 4) is 0 Å². The van der Waals surface area contributed by atoms with Crippen LogP contribution >= 0.6 is 11.6 Å². The van der Waals surface area contributed by atoms with E-state index >= 15 is 0 Å². The van der Waals surface area contributed by atoms with Gasteiger partial charge in [-0.25, -0.2) is 0 Å². The van der Waals surface area contributed by atoms with Crippen molar-refractivity contribution in [1.29, 1.82) is 0 Å². The average Bonchev–Trinajstić information content (AvgIpc) is 2.58. The maximum Gasteiger partial charge on any atom is 0.461 e. The third kappa shape index (κ3) is 1.98. The van der Waals surface area contributed by atoms with Crippen molar-refractivity contribution >= 4 is 11.6 Å². The van der Waals surface area contributed by atoms with Gasteiger partial charge in [0.1, 0.15) is 5.82 Å². The van der Waals surface area contributed by atoms with Crippen LogP contribution in [0.25, 0.3) is 0 Å². The molecule has 0 aliphatic heterocycles. The molecule has 1 aromatic rings. The Balaban J connectivity index is 3.28. The minimum absolute atomic E-state index is 0.115. The fraction of sp³-hybridized carbons (Fsp3) is 0.714. The highest BCUT2D eigenvalue weighted by Gasteiger charge is 2.62. The molecule has 0 fully saturated rings. The molecule has 0 spiro atoms. The molecular formula is C7H7ClF5N3. The van der Waals surface area contributed by atoms with Crippen molar-refractivity contribution < 1.29 is 22.0 Å². The summed E-state index contributed by atoms with van der Waals surface area (Å²) in [6.07, 6.45) is -5.70. The third-order valence-corrected chi connectivity index (χ3v) is 2.14. The Hall–Kier alpha value is -0.920. The standard InChI is InChI=1S/C7H7ClF5N3/c1-2-16-4(3-8)14-15-5(16)6(9,10)7(11,12)13/h2-3H2,1H3. The number of aromatic nitrogens is 3. The van der Waals surface area contributed by atoms with Gasteiger partial charge in [-0.15, -0.1) is 21.8 Å². The van der Waals surface area contributed by atoms with Crippen LogP contribution < -0.4 is 0 Å². The van der Waals surface area contributed by atoms with Gasteiger partial charge in [0.05, 0.1) is 5.88 Å². The molecule has 0 N–H and O–H groups in total. The Morgan fingerprint density at radius 3 is 2.12 bits per heavy atom. The molecule has 0 radical (unpaired) electrons. The minimum atomic E-state index is -5.70. The Labute approximate surface area is 92.2 Å². The zero-order valence-electron chi connectivity index (χ0n) is 8.02. The molecule has 0 atom stereocenters. The SMILES string of the molecule is CCn1c(CCl)nnc1C(F)(F)C(F)(F)F. The predicted molar refractivity (Wildman–Crippen MR) is 45.2 cm³/mol. The van der Waals surface area contributed by atoms with Gasteiger partial charge in [0.15, 0.2) is 0 Å². The van der Waals surface area contributed by atoms with Crippen molar-refractivity contribution in [3.63, 3.8) is 0 Å². The van der Waals surface area contributed by atoms with E-state index in [4.69, 9.17) is 11.6 Å². The first-order valence-corrected chi connectivity index (χ1v) is 4.72. The van der Waals surface area contributed by atoms with Gasteiger partial charge in [-0.3, -0.25) is 0 Å². The predicted octanol–water partition coefficient (Wildman–Crippen LogP) is 2.69. The molecule has 0 aliphatic carbocycles. The summed E-state index contributed by atoms with van der Waals surface area (Å²) in [7, 11) is 0. The Bertz CT molecular complexity index is 373. The van der Waals surface area contributed by atoms with Gasteiger partial charge in [-0.1, -0.05) is 0 Å². The summed E-state index contributed by atoms with van der Waals surface area (Å²) in [6.45, 7) is 1.28. The molecule has 92 valence electrons. The van der Waals surface area contributed by atoms with Gasteiger partial charge < -0.3 is 4.57 Å². The molecule has 0 saturated heterocycles. The molecule has 1 rings (SSSR count).